The SMILES string of the molecule is C=C(CC)CC1CC(C(C)C)CCC1CNCCC. The highest BCUT2D eigenvalue weighted by atomic mass is 14.9. The molecule has 0 aliphatic heterocycles. The van der Waals surface area contributed by atoms with Crippen molar-refractivity contribution in [2.45, 2.75) is 66.2 Å². The zero-order chi connectivity index (χ0) is 14.3. The molecule has 1 N–H and O–H groups in total. The van der Waals surface area contributed by atoms with E-state index in [2.05, 4.69) is 39.6 Å². The van der Waals surface area contributed by atoms with Crippen LogP contribution in [0.15, 0.2) is 12.2 Å². The number of rotatable bonds is 8. The second kappa shape index (κ2) is 8.79. The standard InChI is InChI=1S/C18H35N/c1-6-10-19-13-17-9-8-16(14(3)4)12-18(17)11-15(5)7-2/h14,16-19H,5-13H2,1-4H3. The van der Waals surface area contributed by atoms with Crippen LogP contribution in [-0.4, -0.2) is 13.1 Å². The normalized spacial score (nSPS) is 27.7. The third kappa shape index (κ3) is 5.69. The summed E-state index contributed by atoms with van der Waals surface area (Å²) in [6.45, 7) is 15.9. The Morgan fingerprint density at radius 1 is 1.21 bits per heavy atom. The number of hydrogen-bond donors (Lipinski definition) is 1. The highest BCUT2D eigenvalue weighted by Crippen LogP contribution is 2.40. The van der Waals surface area contributed by atoms with Crippen LogP contribution >= 0.6 is 0 Å². The van der Waals surface area contributed by atoms with Crippen molar-refractivity contribution in [3.05, 3.63) is 12.2 Å². The molecular formula is C18H35N. The molecular weight excluding hydrogens is 230 g/mol. The summed E-state index contributed by atoms with van der Waals surface area (Å²) in [5.74, 6) is 3.54. The van der Waals surface area contributed by atoms with Crippen LogP contribution < -0.4 is 5.32 Å². The van der Waals surface area contributed by atoms with Gasteiger partial charge in [0.2, 0.25) is 0 Å². The molecule has 0 aromatic carbocycles. The van der Waals surface area contributed by atoms with Crippen LogP contribution in [-0.2, 0) is 0 Å². The zero-order valence-electron chi connectivity index (χ0n) is 13.7. The molecule has 0 aromatic heterocycles. The molecule has 3 atom stereocenters. The first-order valence-electron chi connectivity index (χ1n) is 8.45. The average molecular weight is 265 g/mol. The van der Waals surface area contributed by atoms with Crippen molar-refractivity contribution in [2.24, 2.45) is 23.7 Å². The number of nitrogens with one attached hydrogen (secondary N) is 1. The molecule has 0 spiro atoms. The Labute approximate surface area is 121 Å². The van der Waals surface area contributed by atoms with Crippen molar-refractivity contribution in [1.82, 2.24) is 5.32 Å². The van der Waals surface area contributed by atoms with Gasteiger partial charge in [-0.2, -0.15) is 0 Å². The van der Waals surface area contributed by atoms with E-state index >= 15 is 0 Å². The minimum Gasteiger partial charge on any atom is -0.316 e. The van der Waals surface area contributed by atoms with Crippen LogP contribution in [0.4, 0.5) is 0 Å². The summed E-state index contributed by atoms with van der Waals surface area (Å²) in [5, 5.41) is 3.64. The lowest BCUT2D eigenvalue weighted by molar-refractivity contribution is 0.144. The van der Waals surface area contributed by atoms with E-state index in [0.717, 1.165) is 30.1 Å². The fraction of sp³-hybridized carbons (Fsp3) is 0.889. The number of allylic oxidation sites excluding steroid dienone is 1. The smallest absolute Gasteiger partial charge is 0.00178 e. The zero-order valence-corrected chi connectivity index (χ0v) is 13.7. The molecule has 0 aromatic rings. The van der Waals surface area contributed by atoms with E-state index in [1.807, 2.05) is 0 Å². The predicted molar refractivity (Wildman–Crippen MR) is 86.4 cm³/mol. The summed E-state index contributed by atoms with van der Waals surface area (Å²) in [6.07, 6.45) is 7.94. The lowest BCUT2D eigenvalue weighted by atomic mass is 9.68. The molecule has 1 saturated carbocycles. The molecule has 1 aliphatic carbocycles. The molecule has 3 unspecified atom stereocenters. The minimum atomic E-state index is 0.849. The van der Waals surface area contributed by atoms with Crippen molar-refractivity contribution in [2.75, 3.05) is 13.1 Å². The Bertz CT molecular complexity index is 256. The topological polar surface area (TPSA) is 12.0 Å². The third-order valence-corrected chi connectivity index (χ3v) is 5.01. The van der Waals surface area contributed by atoms with Gasteiger partial charge in [-0.3, -0.25) is 0 Å². The van der Waals surface area contributed by atoms with Crippen LogP contribution in [0.5, 0.6) is 0 Å². The van der Waals surface area contributed by atoms with E-state index in [4.69, 9.17) is 0 Å². The highest BCUT2D eigenvalue weighted by Gasteiger charge is 2.31. The fourth-order valence-electron chi connectivity index (χ4n) is 3.47. The molecule has 1 heteroatoms. The van der Waals surface area contributed by atoms with Crippen LogP contribution in [0.25, 0.3) is 0 Å². The molecule has 1 rings (SSSR count). The Morgan fingerprint density at radius 2 is 1.95 bits per heavy atom. The fourth-order valence-corrected chi connectivity index (χ4v) is 3.47. The van der Waals surface area contributed by atoms with E-state index in [0.29, 0.717) is 0 Å². The van der Waals surface area contributed by atoms with Crippen LogP contribution in [0.2, 0.25) is 0 Å². The minimum absolute atomic E-state index is 0.849. The van der Waals surface area contributed by atoms with Gasteiger partial charge in [-0.05, 0) is 75.3 Å². The molecule has 0 amide bonds. The maximum absolute atomic E-state index is 4.25. The quantitative estimate of drug-likeness (QED) is 0.479. The molecule has 112 valence electrons. The maximum Gasteiger partial charge on any atom is -0.00178 e. The van der Waals surface area contributed by atoms with Gasteiger partial charge in [0.25, 0.3) is 0 Å². The van der Waals surface area contributed by atoms with E-state index in [1.165, 1.54) is 50.8 Å². The van der Waals surface area contributed by atoms with Gasteiger partial charge in [0, 0.05) is 0 Å². The average Bonchev–Trinajstić information content (AvgIpc) is 2.40. The summed E-state index contributed by atoms with van der Waals surface area (Å²) >= 11 is 0. The molecule has 1 aliphatic rings. The predicted octanol–water partition coefficient (Wildman–Crippen LogP) is 5.03. The maximum atomic E-state index is 4.25. The van der Waals surface area contributed by atoms with Gasteiger partial charge in [-0.25, -0.2) is 0 Å². The molecule has 1 fully saturated rings. The Hall–Kier alpha value is -0.300. The van der Waals surface area contributed by atoms with Crippen molar-refractivity contribution < 1.29 is 0 Å². The van der Waals surface area contributed by atoms with E-state index in [-0.39, 0.29) is 0 Å². The van der Waals surface area contributed by atoms with Gasteiger partial charge >= 0.3 is 0 Å². The van der Waals surface area contributed by atoms with Crippen molar-refractivity contribution in [3.63, 3.8) is 0 Å². The van der Waals surface area contributed by atoms with Crippen LogP contribution in [0.3, 0.4) is 0 Å². The highest BCUT2D eigenvalue weighted by molar-refractivity contribution is 4.97. The first-order valence-corrected chi connectivity index (χ1v) is 8.45. The first kappa shape index (κ1) is 16.8. The summed E-state index contributed by atoms with van der Waals surface area (Å²) in [5.41, 5.74) is 1.45. The summed E-state index contributed by atoms with van der Waals surface area (Å²) in [4.78, 5) is 0. The molecule has 1 nitrogen and oxygen atoms in total. The van der Waals surface area contributed by atoms with Gasteiger partial charge in [-0.1, -0.05) is 39.8 Å². The van der Waals surface area contributed by atoms with E-state index in [1.54, 1.807) is 0 Å². The Morgan fingerprint density at radius 3 is 2.53 bits per heavy atom. The second-order valence-corrected chi connectivity index (χ2v) is 6.85. The van der Waals surface area contributed by atoms with Crippen molar-refractivity contribution in [3.8, 4) is 0 Å². The third-order valence-electron chi connectivity index (χ3n) is 5.01. The number of hydrogen-bond acceptors (Lipinski definition) is 1. The largest absolute Gasteiger partial charge is 0.316 e. The van der Waals surface area contributed by atoms with Crippen LogP contribution in [0, 0.1) is 23.7 Å². The Balaban J connectivity index is 2.54. The lowest BCUT2D eigenvalue weighted by Gasteiger charge is -2.38. The molecule has 0 bridgehead atoms. The summed E-state index contributed by atoms with van der Waals surface area (Å²) in [7, 11) is 0. The summed E-state index contributed by atoms with van der Waals surface area (Å²) < 4.78 is 0. The molecule has 0 heterocycles. The van der Waals surface area contributed by atoms with Crippen molar-refractivity contribution >= 4 is 0 Å². The van der Waals surface area contributed by atoms with Gasteiger partial charge in [0.1, 0.15) is 0 Å². The van der Waals surface area contributed by atoms with Gasteiger partial charge < -0.3 is 5.32 Å². The van der Waals surface area contributed by atoms with Gasteiger partial charge in [0.15, 0.2) is 0 Å². The lowest BCUT2D eigenvalue weighted by Crippen LogP contribution is -2.34. The molecule has 0 radical (unpaired) electrons. The first-order chi connectivity index (χ1) is 9.08. The summed E-state index contributed by atoms with van der Waals surface area (Å²) in [6, 6.07) is 0. The molecule has 19 heavy (non-hydrogen) atoms. The Kier molecular flexibility index (Phi) is 7.75. The second-order valence-electron chi connectivity index (χ2n) is 6.85. The van der Waals surface area contributed by atoms with Gasteiger partial charge in [-0.15, -0.1) is 0 Å². The van der Waals surface area contributed by atoms with E-state index in [9.17, 15) is 0 Å². The van der Waals surface area contributed by atoms with E-state index < -0.39 is 0 Å². The van der Waals surface area contributed by atoms with Gasteiger partial charge in [0.05, 0.1) is 0 Å². The monoisotopic (exact) mass is 265 g/mol. The van der Waals surface area contributed by atoms with Crippen molar-refractivity contribution in [1.29, 1.82) is 0 Å². The molecule has 0 saturated heterocycles. The van der Waals surface area contributed by atoms with Crippen LogP contribution in [0.1, 0.15) is 66.2 Å².